The van der Waals surface area contributed by atoms with E-state index in [1.807, 2.05) is 12.1 Å². The van der Waals surface area contributed by atoms with E-state index in [0.717, 1.165) is 22.7 Å². The van der Waals surface area contributed by atoms with Crippen LogP contribution in [0.5, 0.6) is 0 Å². The maximum absolute atomic E-state index is 10.5. The monoisotopic (exact) mass is 344 g/mol. The molecule has 23 heavy (non-hydrogen) atoms. The molecule has 4 rings (SSSR count). The number of aliphatic hydroxyl groups excluding tert-OH is 1. The lowest BCUT2D eigenvalue weighted by molar-refractivity contribution is 0.172. The molecule has 3 nitrogen and oxygen atoms in total. The van der Waals surface area contributed by atoms with Crippen LogP contribution in [0.1, 0.15) is 45.4 Å². The molecule has 1 aliphatic rings. The number of hydrogen-bond donors (Lipinski definition) is 2. The highest BCUT2D eigenvalue weighted by Crippen LogP contribution is 2.35. The van der Waals surface area contributed by atoms with Crippen LogP contribution in [0.15, 0.2) is 30.3 Å². The highest BCUT2D eigenvalue weighted by atomic mass is 32.1. The van der Waals surface area contributed by atoms with Crippen LogP contribution in [0.4, 0.5) is 0 Å². The van der Waals surface area contributed by atoms with E-state index in [-0.39, 0.29) is 0 Å². The molecule has 0 bridgehead atoms. The molecule has 0 aliphatic heterocycles. The van der Waals surface area contributed by atoms with E-state index in [1.165, 1.54) is 27.1 Å². The van der Waals surface area contributed by atoms with Crippen LogP contribution in [0, 0.1) is 6.92 Å². The van der Waals surface area contributed by atoms with Crippen LogP contribution < -0.4 is 5.32 Å². The second-order valence-corrected chi connectivity index (χ2v) is 8.45. The van der Waals surface area contributed by atoms with Gasteiger partial charge in [-0.05, 0) is 43.7 Å². The number of nitrogens with zero attached hydrogens (tertiary/aromatic N) is 1. The summed E-state index contributed by atoms with van der Waals surface area (Å²) in [5, 5.41) is 16.5. The molecule has 1 aliphatic carbocycles. The van der Waals surface area contributed by atoms with E-state index in [1.54, 1.807) is 22.7 Å². The van der Waals surface area contributed by atoms with Crippen LogP contribution in [0.2, 0.25) is 0 Å². The number of hydrogen-bond acceptors (Lipinski definition) is 5. The zero-order valence-corrected chi connectivity index (χ0v) is 14.7. The Labute approximate surface area is 144 Å². The smallest absolute Gasteiger partial charge is 0.101 e. The van der Waals surface area contributed by atoms with Crippen molar-refractivity contribution in [1.29, 1.82) is 0 Å². The van der Waals surface area contributed by atoms with Crippen molar-refractivity contribution in [3.8, 4) is 0 Å². The lowest BCUT2D eigenvalue weighted by Gasteiger charge is -2.23. The quantitative estimate of drug-likeness (QED) is 0.739. The zero-order chi connectivity index (χ0) is 15.8. The molecule has 1 aromatic carbocycles. The number of nitrogens with one attached hydrogen (secondary N) is 1. The van der Waals surface area contributed by atoms with Gasteiger partial charge in [0.05, 0.1) is 10.7 Å². The fourth-order valence-electron chi connectivity index (χ4n) is 3.26. The summed E-state index contributed by atoms with van der Waals surface area (Å²) < 4.78 is 1.24. The number of rotatable bonds is 4. The lowest BCUT2D eigenvalue weighted by atomic mass is 9.98. The molecule has 0 amide bonds. The number of benzene rings is 1. The molecule has 120 valence electrons. The Bertz CT molecular complexity index is 790. The fourth-order valence-corrected chi connectivity index (χ4v) is 5.39. The van der Waals surface area contributed by atoms with E-state index < -0.39 is 6.10 Å². The van der Waals surface area contributed by atoms with E-state index in [0.29, 0.717) is 12.6 Å². The predicted octanol–water partition coefficient (Wildman–Crippen LogP) is 4.37. The molecule has 3 aromatic rings. The summed E-state index contributed by atoms with van der Waals surface area (Å²) in [5.74, 6) is 0. The largest absolute Gasteiger partial charge is 0.386 e. The summed E-state index contributed by atoms with van der Waals surface area (Å²) >= 11 is 3.48. The van der Waals surface area contributed by atoms with Gasteiger partial charge in [-0.15, -0.1) is 22.7 Å². The van der Waals surface area contributed by atoms with Crippen molar-refractivity contribution in [2.75, 3.05) is 6.54 Å². The summed E-state index contributed by atoms with van der Waals surface area (Å²) in [6.07, 6.45) is 2.95. The first-order valence-electron chi connectivity index (χ1n) is 8.07. The zero-order valence-electron chi connectivity index (χ0n) is 13.1. The SMILES string of the molecule is Cc1nc2c(s1)C(NCC(O)c1cc3ccccc3s1)CCC2. The average Bonchev–Trinajstić information content (AvgIpc) is 3.14. The molecule has 0 saturated heterocycles. The maximum atomic E-state index is 10.5. The van der Waals surface area contributed by atoms with Crippen LogP contribution in [-0.4, -0.2) is 16.6 Å². The Morgan fingerprint density at radius 3 is 3.09 bits per heavy atom. The third-order valence-corrected chi connectivity index (χ3v) is 6.73. The van der Waals surface area contributed by atoms with Crippen LogP contribution in [0.25, 0.3) is 10.1 Å². The van der Waals surface area contributed by atoms with Gasteiger partial charge in [-0.2, -0.15) is 0 Å². The van der Waals surface area contributed by atoms with Gasteiger partial charge < -0.3 is 10.4 Å². The number of aryl methyl sites for hydroxylation is 2. The summed E-state index contributed by atoms with van der Waals surface area (Å²) in [6.45, 7) is 2.67. The van der Waals surface area contributed by atoms with Crippen molar-refractivity contribution in [2.24, 2.45) is 0 Å². The third kappa shape index (κ3) is 3.06. The van der Waals surface area contributed by atoms with Crippen LogP contribution in [0.3, 0.4) is 0 Å². The third-order valence-electron chi connectivity index (χ3n) is 4.39. The molecule has 2 heterocycles. The van der Waals surface area contributed by atoms with Crippen molar-refractivity contribution >= 4 is 32.8 Å². The van der Waals surface area contributed by atoms with Crippen LogP contribution in [-0.2, 0) is 6.42 Å². The number of aromatic nitrogens is 1. The number of aliphatic hydroxyl groups is 1. The van der Waals surface area contributed by atoms with E-state index in [9.17, 15) is 5.11 Å². The molecule has 0 radical (unpaired) electrons. The van der Waals surface area contributed by atoms with Crippen molar-refractivity contribution in [3.63, 3.8) is 0 Å². The van der Waals surface area contributed by atoms with Gasteiger partial charge in [-0.3, -0.25) is 0 Å². The minimum absolute atomic E-state index is 0.342. The van der Waals surface area contributed by atoms with Gasteiger partial charge in [0.1, 0.15) is 6.10 Å². The van der Waals surface area contributed by atoms with Crippen molar-refractivity contribution in [3.05, 3.63) is 50.8 Å². The van der Waals surface area contributed by atoms with E-state index >= 15 is 0 Å². The lowest BCUT2D eigenvalue weighted by Crippen LogP contribution is -2.28. The molecular weight excluding hydrogens is 324 g/mol. The number of thiazole rings is 1. The number of thiophene rings is 1. The summed E-state index contributed by atoms with van der Waals surface area (Å²) in [5.41, 5.74) is 1.26. The molecule has 0 spiro atoms. The molecule has 5 heteroatoms. The van der Waals surface area contributed by atoms with E-state index in [4.69, 9.17) is 0 Å². The summed E-state index contributed by atoms with van der Waals surface area (Å²) in [6, 6.07) is 10.7. The topological polar surface area (TPSA) is 45.2 Å². The Morgan fingerprint density at radius 2 is 2.22 bits per heavy atom. The molecular formula is C18H20N2OS2. The predicted molar refractivity (Wildman–Crippen MR) is 97.3 cm³/mol. The molecule has 0 saturated carbocycles. The Balaban J connectivity index is 1.46. The standard InChI is InChI=1S/C18H20N2OS2/c1-11-20-14-7-4-6-13(18(14)22-11)19-10-15(21)17-9-12-5-2-3-8-16(12)23-17/h2-3,5,8-9,13,15,19,21H,4,6-7,10H2,1H3. The van der Waals surface area contributed by atoms with Gasteiger partial charge in [-0.25, -0.2) is 4.98 Å². The van der Waals surface area contributed by atoms with Gasteiger partial charge in [0.2, 0.25) is 0 Å². The Hall–Kier alpha value is -1.27. The normalized spacial score (nSPS) is 19.0. The molecule has 2 aromatic heterocycles. The summed E-state index contributed by atoms with van der Waals surface area (Å²) in [4.78, 5) is 7.04. The minimum atomic E-state index is -0.452. The van der Waals surface area contributed by atoms with Crippen molar-refractivity contribution in [2.45, 2.75) is 38.3 Å². The van der Waals surface area contributed by atoms with Gasteiger partial charge >= 0.3 is 0 Å². The van der Waals surface area contributed by atoms with Gasteiger partial charge in [0.15, 0.2) is 0 Å². The summed E-state index contributed by atoms with van der Waals surface area (Å²) in [7, 11) is 0. The minimum Gasteiger partial charge on any atom is -0.386 e. The molecule has 2 atom stereocenters. The van der Waals surface area contributed by atoms with Crippen molar-refractivity contribution < 1.29 is 5.11 Å². The van der Waals surface area contributed by atoms with Gasteiger partial charge in [-0.1, -0.05) is 18.2 Å². The second kappa shape index (κ2) is 6.32. The Kier molecular flexibility index (Phi) is 4.20. The molecule has 0 fully saturated rings. The average molecular weight is 345 g/mol. The maximum Gasteiger partial charge on any atom is 0.101 e. The number of fused-ring (bicyclic) bond motifs is 2. The first kappa shape index (κ1) is 15.3. The first-order chi connectivity index (χ1) is 11.2. The molecule has 2 N–H and O–H groups in total. The first-order valence-corrected chi connectivity index (χ1v) is 9.70. The highest BCUT2D eigenvalue weighted by Gasteiger charge is 2.24. The van der Waals surface area contributed by atoms with E-state index in [2.05, 4.69) is 35.4 Å². The van der Waals surface area contributed by atoms with Crippen molar-refractivity contribution in [1.82, 2.24) is 10.3 Å². The Morgan fingerprint density at radius 1 is 1.35 bits per heavy atom. The molecule has 2 unspecified atom stereocenters. The highest BCUT2D eigenvalue weighted by molar-refractivity contribution is 7.19. The van der Waals surface area contributed by atoms with Gasteiger partial charge in [0.25, 0.3) is 0 Å². The van der Waals surface area contributed by atoms with Crippen LogP contribution >= 0.6 is 22.7 Å². The van der Waals surface area contributed by atoms with Gasteiger partial charge in [0, 0.05) is 27.0 Å². The fraction of sp³-hybridized carbons (Fsp3) is 0.389. The second-order valence-electron chi connectivity index (χ2n) is 6.10.